The highest BCUT2D eigenvalue weighted by Gasteiger charge is 2.05. The van der Waals surface area contributed by atoms with Gasteiger partial charge in [-0.25, -0.2) is 4.99 Å². The van der Waals surface area contributed by atoms with Gasteiger partial charge >= 0.3 is 0 Å². The predicted octanol–water partition coefficient (Wildman–Crippen LogP) is 0.363. The highest BCUT2D eigenvalue weighted by Crippen LogP contribution is 2.06. The first kappa shape index (κ1) is 6.98. The molecule has 0 aliphatic carbocycles. The quantitative estimate of drug-likeness (QED) is 0.494. The molecule has 0 saturated heterocycles. The van der Waals surface area contributed by atoms with Crippen molar-refractivity contribution >= 4 is 17.4 Å². The standard InChI is InChI=1S/C4H5N5S/c1-3(5-2-10)4-6-8-9-7-4/h3H,1H3,(H,6,7,8,9). The van der Waals surface area contributed by atoms with Gasteiger partial charge in [0.05, 0.1) is 5.16 Å². The fourth-order valence-corrected chi connectivity index (χ4v) is 0.641. The highest BCUT2D eigenvalue weighted by atomic mass is 32.1. The van der Waals surface area contributed by atoms with Gasteiger partial charge in [-0.15, -0.1) is 10.2 Å². The van der Waals surface area contributed by atoms with E-state index in [0.717, 1.165) is 0 Å². The van der Waals surface area contributed by atoms with Crippen molar-refractivity contribution in [3.8, 4) is 0 Å². The fourth-order valence-electron chi connectivity index (χ4n) is 0.483. The van der Waals surface area contributed by atoms with E-state index in [1.807, 2.05) is 6.92 Å². The molecule has 0 saturated carbocycles. The van der Waals surface area contributed by atoms with Crippen LogP contribution in [-0.4, -0.2) is 25.8 Å². The number of hydrogen-bond donors (Lipinski definition) is 1. The van der Waals surface area contributed by atoms with E-state index in [9.17, 15) is 0 Å². The van der Waals surface area contributed by atoms with E-state index < -0.39 is 0 Å². The number of hydrogen-bond acceptors (Lipinski definition) is 5. The van der Waals surface area contributed by atoms with E-state index in [1.165, 1.54) is 0 Å². The number of aliphatic imine (C=N–C) groups is 1. The molecule has 1 rings (SSSR count). The van der Waals surface area contributed by atoms with E-state index in [4.69, 9.17) is 0 Å². The van der Waals surface area contributed by atoms with Crippen LogP contribution in [-0.2, 0) is 0 Å². The highest BCUT2D eigenvalue weighted by molar-refractivity contribution is 7.78. The summed E-state index contributed by atoms with van der Waals surface area (Å²) in [5.74, 6) is 0.525. The summed E-state index contributed by atoms with van der Waals surface area (Å²) in [5.41, 5.74) is 0. The second kappa shape index (κ2) is 3.14. The molecule has 1 heterocycles. The van der Waals surface area contributed by atoms with Crippen LogP contribution in [0.1, 0.15) is 18.8 Å². The van der Waals surface area contributed by atoms with E-state index in [0.29, 0.717) is 5.82 Å². The van der Waals surface area contributed by atoms with Crippen LogP contribution in [0, 0.1) is 0 Å². The van der Waals surface area contributed by atoms with Gasteiger partial charge in [-0.1, -0.05) is 5.21 Å². The van der Waals surface area contributed by atoms with Crippen LogP contribution in [0.5, 0.6) is 0 Å². The molecule has 1 atom stereocenters. The molecule has 0 aliphatic rings. The van der Waals surface area contributed by atoms with Gasteiger partial charge in [0.25, 0.3) is 0 Å². The lowest BCUT2D eigenvalue weighted by atomic mass is 10.3. The Morgan fingerprint density at radius 1 is 1.80 bits per heavy atom. The Hall–Kier alpha value is -1.13. The smallest absolute Gasteiger partial charge is 0.199 e. The van der Waals surface area contributed by atoms with Crippen LogP contribution in [0.15, 0.2) is 4.99 Å². The minimum absolute atomic E-state index is 0.156. The summed E-state index contributed by atoms with van der Waals surface area (Å²) in [6.45, 7) is 1.81. The van der Waals surface area contributed by atoms with Gasteiger partial charge in [-0.05, 0) is 19.1 Å². The molecule has 0 aliphatic heterocycles. The number of thiocarbonyl (C=S) groups is 1. The number of rotatable bonds is 2. The molecular weight excluding hydrogens is 150 g/mol. The lowest BCUT2D eigenvalue weighted by Crippen LogP contribution is -1.91. The molecule has 10 heavy (non-hydrogen) atoms. The minimum Gasteiger partial charge on any atom is -0.221 e. The molecule has 0 radical (unpaired) electrons. The first-order valence-electron chi connectivity index (χ1n) is 2.65. The van der Waals surface area contributed by atoms with Crippen molar-refractivity contribution in [1.29, 1.82) is 0 Å². The van der Waals surface area contributed by atoms with Crippen molar-refractivity contribution in [3.63, 3.8) is 0 Å². The van der Waals surface area contributed by atoms with Crippen LogP contribution in [0.2, 0.25) is 0 Å². The van der Waals surface area contributed by atoms with Crippen molar-refractivity contribution in [3.05, 3.63) is 5.82 Å². The van der Waals surface area contributed by atoms with Gasteiger partial charge in [0.1, 0.15) is 6.04 Å². The van der Waals surface area contributed by atoms with Gasteiger partial charge < -0.3 is 0 Å². The van der Waals surface area contributed by atoms with Gasteiger partial charge in [0.15, 0.2) is 5.82 Å². The zero-order valence-corrected chi connectivity index (χ0v) is 6.09. The average Bonchev–Trinajstić information content (AvgIpc) is 2.38. The largest absolute Gasteiger partial charge is 0.221 e. The number of aromatic amines is 1. The van der Waals surface area contributed by atoms with E-state index in [2.05, 4.69) is 43.0 Å². The molecule has 1 N–H and O–H groups in total. The Balaban J connectivity index is 2.76. The maximum atomic E-state index is 4.40. The van der Waals surface area contributed by atoms with E-state index in [1.54, 1.807) is 0 Å². The topological polar surface area (TPSA) is 66.8 Å². The third-order valence-corrected chi connectivity index (χ3v) is 1.09. The minimum atomic E-state index is -0.156. The van der Waals surface area contributed by atoms with Gasteiger partial charge in [-0.2, -0.15) is 5.21 Å². The Morgan fingerprint density at radius 2 is 2.60 bits per heavy atom. The van der Waals surface area contributed by atoms with Crippen molar-refractivity contribution in [2.75, 3.05) is 0 Å². The lowest BCUT2D eigenvalue weighted by Gasteiger charge is -1.92. The molecule has 1 aromatic heterocycles. The maximum absolute atomic E-state index is 4.40. The number of nitrogens with zero attached hydrogens (tertiary/aromatic N) is 4. The van der Waals surface area contributed by atoms with Gasteiger partial charge in [0.2, 0.25) is 0 Å². The first-order chi connectivity index (χ1) is 4.84. The number of aromatic nitrogens is 4. The Kier molecular flexibility index (Phi) is 2.20. The van der Waals surface area contributed by atoms with Crippen LogP contribution < -0.4 is 0 Å². The van der Waals surface area contributed by atoms with Crippen molar-refractivity contribution < 1.29 is 0 Å². The normalized spacial score (nSPS) is 12.1. The third kappa shape index (κ3) is 1.43. The molecule has 0 spiro atoms. The SMILES string of the molecule is CC(N=C=S)c1nn[nH]n1. The summed E-state index contributed by atoms with van der Waals surface area (Å²) in [6.07, 6.45) is 0. The second-order valence-electron chi connectivity index (χ2n) is 1.67. The summed E-state index contributed by atoms with van der Waals surface area (Å²) in [5, 5.41) is 15.3. The molecular formula is C4H5N5S. The molecule has 1 unspecified atom stereocenters. The number of isothiocyanates is 1. The average molecular weight is 155 g/mol. The summed E-state index contributed by atoms with van der Waals surface area (Å²) < 4.78 is 0. The van der Waals surface area contributed by atoms with E-state index >= 15 is 0 Å². The van der Waals surface area contributed by atoms with Crippen molar-refractivity contribution in [2.45, 2.75) is 13.0 Å². The molecule has 0 amide bonds. The monoisotopic (exact) mass is 155 g/mol. The summed E-state index contributed by atoms with van der Waals surface area (Å²) >= 11 is 4.40. The molecule has 0 fully saturated rings. The first-order valence-corrected chi connectivity index (χ1v) is 3.05. The maximum Gasteiger partial charge on any atom is 0.199 e. The molecule has 6 heteroatoms. The van der Waals surface area contributed by atoms with Crippen LogP contribution >= 0.6 is 12.2 Å². The van der Waals surface area contributed by atoms with Crippen LogP contribution in [0.3, 0.4) is 0 Å². The van der Waals surface area contributed by atoms with Gasteiger partial charge in [-0.3, -0.25) is 0 Å². The van der Waals surface area contributed by atoms with Crippen LogP contribution in [0.4, 0.5) is 0 Å². The van der Waals surface area contributed by atoms with Crippen molar-refractivity contribution in [1.82, 2.24) is 20.6 Å². The Morgan fingerprint density at radius 3 is 3.10 bits per heavy atom. The number of tetrazole rings is 1. The molecule has 0 aromatic carbocycles. The predicted molar refractivity (Wildman–Crippen MR) is 37.6 cm³/mol. The molecule has 1 aromatic rings. The zero-order chi connectivity index (χ0) is 7.40. The fraction of sp³-hybridized carbons (Fsp3) is 0.500. The Labute approximate surface area is 62.6 Å². The van der Waals surface area contributed by atoms with E-state index in [-0.39, 0.29) is 6.04 Å². The molecule has 0 bridgehead atoms. The second-order valence-corrected chi connectivity index (χ2v) is 1.85. The zero-order valence-electron chi connectivity index (χ0n) is 5.27. The summed E-state index contributed by atoms with van der Waals surface area (Å²) in [4.78, 5) is 3.75. The Bertz CT molecular complexity index is 236. The van der Waals surface area contributed by atoms with Gasteiger partial charge in [0, 0.05) is 0 Å². The molecule has 52 valence electrons. The summed E-state index contributed by atoms with van der Waals surface area (Å²) in [6, 6.07) is -0.156. The molecule has 5 nitrogen and oxygen atoms in total. The third-order valence-electron chi connectivity index (χ3n) is 0.982. The number of nitrogens with one attached hydrogen (secondary N) is 1. The number of H-pyrrole nitrogens is 1. The van der Waals surface area contributed by atoms with Crippen molar-refractivity contribution in [2.24, 2.45) is 4.99 Å². The summed E-state index contributed by atoms with van der Waals surface area (Å²) in [7, 11) is 0. The lowest BCUT2D eigenvalue weighted by molar-refractivity contribution is 0.750. The van der Waals surface area contributed by atoms with Crippen LogP contribution in [0.25, 0.3) is 0 Å².